The van der Waals surface area contributed by atoms with Crippen molar-refractivity contribution < 1.29 is 4.74 Å². The van der Waals surface area contributed by atoms with Crippen LogP contribution < -0.4 is 9.20 Å². The van der Waals surface area contributed by atoms with Crippen LogP contribution in [0.15, 0.2) is 24.3 Å². The summed E-state index contributed by atoms with van der Waals surface area (Å²) in [7, 11) is 1.69. The predicted molar refractivity (Wildman–Crippen MR) is 45.5 cm³/mol. The summed E-state index contributed by atoms with van der Waals surface area (Å²) in [4.78, 5) is 0. The fraction of sp³-hybridized carbons (Fsp3) is 0.143. The standard InChI is InChI=1S/C7H8OSe2/c1-8-6-3-2-4-7(5-6)10-9/h2-5,9H,1H3. The summed E-state index contributed by atoms with van der Waals surface area (Å²) >= 11 is 3.12. The topological polar surface area (TPSA) is 9.23 Å². The van der Waals surface area contributed by atoms with Crippen LogP contribution in [0, 0.1) is 0 Å². The fourth-order valence-electron chi connectivity index (χ4n) is 0.658. The molecule has 0 atom stereocenters. The Kier molecular flexibility index (Phi) is 3.30. The molecular formula is C7H8OSe2. The molecule has 0 bridgehead atoms. The zero-order valence-electron chi connectivity index (χ0n) is 5.57. The maximum absolute atomic E-state index is 5.06. The Balaban J connectivity index is 2.87. The molecule has 0 aliphatic rings. The van der Waals surface area contributed by atoms with Gasteiger partial charge >= 0.3 is 73.6 Å². The molecule has 1 rings (SSSR count). The van der Waals surface area contributed by atoms with Crippen LogP contribution >= 0.6 is 0 Å². The molecule has 1 aromatic rings. The predicted octanol–water partition coefficient (Wildman–Crippen LogP) is -0.160. The number of rotatable bonds is 2. The molecule has 3 heteroatoms. The number of ether oxygens (including phenoxy) is 1. The van der Waals surface area contributed by atoms with Gasteiger partial charge in [-0.3, -0.25) is 0 Å². The monoisotopic (exact) mass is 268 g/mol. The van der Waals surface area contributed by atoms with E-state index in [0.717, 1.165) is 5.75 Å². The molecule has 0 amide bonds. The third kappa shape index (κ3) is 2.03. The second kappa shape index (κ2) is 4.05. The van der Waals surface area contributed by atoms with Gasteiger partial charge in [0.1, 0.15) is 0 Å². The molecule has 0 aliphatic heterocycles. The van der Waals surface area contributed by atoms with Gasteiger partial charge in [-0.2, -0.15) is 0 Å². The van der Waals surface area contributed by atoms with Gasteiger partial charge in [0.05, 0.1) is 0 Å². The normalized spacial score (nSPS) is 9.40. The molecule has 0 fully saturated rings. The molecule has 10 heavy (non-hydrogen) atoms. The minimum absolute atomic E-state index is 0.515. The Morgan fingerprint density at radius 3 is 2.90 bits per heavy atom. The van der Waals surface area contributed by atoms with Gasteiger partial charge in [0.2, 0.25) is 0 Å². The number of hydrogen-bond donors (Lipinski definition) is 0. The Morgan fingerprint density at radius 1 is 1.50 bits per heavy atom. The SMILES string of the molecule is COc1cccc([Se][SeH])c1. The van der Waals surface area contributed by atoms with E-state index in [2.05, 4.69) is 26.3 Å². The van der Waals surface area contributed by atoms with Crippen molar-refractivity contribution in [1.29, 1.82) is 0 Å². The molecule has 0 unspecified atom stereocenters. The van der Waals surface area contributed by atoms with Gasteiger partial charge < -0.3 is 0 Å². The summed E-state index contributed by atoms with van der Waals surface area (Å²) in [6.45, 7) is 0. The van der Waals surface area contributed by atoms with E-state index in [9.17, 15) is 0 Å². The molecule has 0 heterocycles. The van der Waals surface area contributed by atoms with Crippen molar-refractivity contribution in [2.45, 2.75) is 0 Å². The molecule has 0 N–H and O–H groups in total. The quantitative estimate of drug-likeness (QED) is 0.676. The van der Waals surface area contributed by atoms with Crippen LogP contribution in [0.3, 0.4) is 0 Å². The first-order valence-electron chi connectivity index (χ1n) is 2.82. The van der Waals surface area contributed by atoms with Crippen molar-refractivity contribution in [3.05, 3.63) is 24.3 Å². The molecule has 0 saturated heterocycles. The first-order valence-corrected chi connectivity index (χ1v) is 8.42. The van der Waals surface area contributed by atoms with Gasteiger partial charge in [-0.05, 0) is 0 Å². The van der Waals surface area contributed by atoms with Crippen LogP contribution in [-0.2, 0) is 0 Å². The van der Waals surface area contributed by atoms with Crippen LogP contribution in [0.1, 0.15) is 0 Å². The Bertz CT molecular complexity index is 193. The van der Waals surface area contributed by atoms with Crippen molar-refractivity contribution in [2.24, 2.45) is 0 Å². The molecule has 0 aliphatic carbocycles. The molecule has 1 nitrogen and oxygen atoms in total. The molecule has 0 saturated carbocycles. The van der Waals surface area contributed by atoms with Gasteiger partial charge in [0.15, 0.2) is 0 Å². The zero-order valence-corrected chi connectivity index (χ0v) is 9.16. The van der Waals surface area contributed by atoms with E-state index >= 15 is 0 Å². The van der Waals surface area contributed by atoms with Gasteiger partial charge in [0, 0.05) is 0 Å². The summed E-state index contributed by atoms with van der Waals surface area (Å²) in [5.41, 5.74) is 0. The molecule has 0 aromatic heterocycles. The van der Waals surface area contributed by atoms with E-state index in [4.69, 9.17) is 4.74 Å². The number of benzene rings is 1. The van der Waals surface area contributed by atoms with Crippen LogP contribution in [0.4, 0.5) is 0 Å². The first-order chi connectivity index (χ1) is 4.86. The third-order valence-corrected chi connectivity index (χ3v) is 4.42. The van der Waals surface area contributed by atoms with E-state index in [0.29, 0.717) is 13.1 Å². The minimum atomic E-state index is 0.515. The third-order valence-electron chi connectivity index (χ3n) is 1.15. The summed E-state index contributed by atoms with van der Waals surface area (Å²) in [6.07, 6.45) is 0. The Labute approximate surface area is 73.7 Å². The molecule has 0 radical (unpaired) electrons. The second-order valence-electron chi connectivity index (χ2n) is 1.77. The van der Waals surface area contributed by atoms with Crippen molar-refractivity contribution in [1.82, 2.24) is 0 Å². The molecular weight excluding hydrogens is 258 g/mol. The van der Waals surface area contributed by atoms with Crippen molar-refractivity contribution in [3.8, 4) is 5.75 Å². The van der Waals surface area contributed by atoms with Crippen LogP contribution in [0.25, 0.3) is 0 Å². The van der Waals surface area contributed by atoms with Gasteiger partial charge in [-0.25, -0.2) is 0 Å². The van der Waals surface area contributed by atoms with Crippen molar-refractivity contribution >= 4 is 31.8 Å². The number of methoxy groups -OCH3 is 1. The Morgan fingerprint density at radius 2 is 2.30 bits per heavy atom. The van der Waals surface area contributed by atoms with E-state index in [-0.39, 0.29) is 0 Å². The van der Waals surface area contributed by atoms with E-state index in [1.165, 1.54) is 4.46 Å². The van der Waals surface area contributed by atoms with Crippen LogP contribution in [0.5, 0.6) is 5.75 Å². The molecule has 54 valence electrons. The summed E-state index contributed by atoms with van der Waals surface area (Å²) in [6, 6.07) is 8.16. The molecule has 0 spiro atoms. The average Bonchev–Trinajstić information content (AvgIpc) is 2.05. The van der Waals surface area contributed by atoms with Crippen LogP contribution in [-0.4, -0.2) is 34.4 Å². The second-order valence-corrected chi connectivity index (χ2v) is 5.13. The van der Waals surface area contributed by atoms with Crippen LogP contribution in [0.2, 0.25) is 0 Å². The Hall–Kier alpha value is 0.0590. The first kappa shape index (κ1) is 8.16. The molecule has 1 aromatic carbocycles. The average molecular weight is 266 g/mol. The fourth-order valence-corrected chi connectivity index (χ4v) is 2.54. The van der Waals surface area contributed by atoms with E-state index < -0.39 is 0 Å². The van der Waals surface area contributed by atoms with Gasteiger partial charge in [-0.1, -0.05) is 0 Å². The van der Waals surface area contributed by atoms with Gasteiger partial charge in [0.25, 0.3) is 0 Å². The van der Waals surface area contributed by atoms with Crippen molar-refractivity contribution in [3.63, 3.8) is 0 Å². The maximum atomic E-state index is 5.06. The summed E-state index contributed by atoms with van der Waals surface area (Å²) < 4.78 is 6.41. The van der Waals surface area contributed by atoms with E-state index in [1.807, 2.05) is 12.1 Å². The number of hydrogen-bond acceptors (Lipinski definition) is 1. The van der Waals surface area contributed by atoms with E-state index in [1.54, 1.807) is 7.11 Å². The summed E-state index contributed by atoms with van der Waals surface area (Å²) in [5.74, 6) is 0.949. The van der Waals surface area contributed by atoms with Crippen molar-refractivity contribution in [2.75, 3.05) is 7.11 Å². The zero-order chi connectivity index (χ0) is 7.40. The van der Waals surface area contributed by atoms with Gasteiger partial charge in [-0.15, -0.1) is 0 Å². The summed E-state index contributed by atoms with van der Waals surface area (Å²) in [5, 5.41) is 0.